The molecule has 0 heterocycles. The molecule has 0 fully saturated rings. The molecule has 22 heavy (non-hydrogen) atoms. The van der Waals surface area contributed by atoms with Crippen molar-refractivity contribution >= 4 is 11.8 Å². The average Bonchev–Trinajstić information content (AvgIpc) is 2.50. The van der Waals surface area contributed by atoms with Crippen molar-refractivity contribution in [1.29, 1.82) is 0 Å². The molecule has 0 aromatic heterocycles. The highest BCUT2D eigenvalue weighted by Crippen LogP contribution is 2.13. The monoisotopic (exact) mass is 307 g/mol. The lowest BCUT2D eigenvalue weighted by Crippen LogP contribution is -2.43. The first-order valence-corrected chi connectivity index (χ1v) is 7.45. The SMILES string of the molecule is CCNC(=O)COc1cccc(CNC(=O)[C@@H](N)C(C)C)c1. The molecular formula is C16H25N3O3. The fraction of sp³-hybridized carbons (Fsp3) is 0.500. The molecule has 0 aliphatic heterocycles. The van der Waals surface area contributed by atoms with Crippen molar-refractivity contribution in [1.82, 2.24) is 10.6 Å². The van der Waals surface area contributed by atoms with Gasteiger partial charge in [-0.25, -0.2) is 0 Å². The quantitative estimate of drug-likeness (QED) is 0.662. The zero-order valence-electron chi connectivity index (χ0n) is 13.4. The summed E-state index contributed by atoms with van der Waals surface area (Å²) in [5.74, 6) is 0.339. The van der Waals surface area contributed by atoms with Crippen LogP contribution in [0.15, 0.2) is 24.3 Å². The molecule has 0 spiro atoms. The molecule has 0 aliphatic rings. The second-order valence-electron chi connectivity index (χ2n) is 5.38. The lowest BCUT2D eigenvalue weighted by atomic mass is 10.0. The van der Waals surface area contributed by atoms with Crippen LogP contribution in [0.25, 0.3) is 0 Å². The zero-order chi connectivity index (χ0) is 16.5. The van der Waals surface area contributed by atoms with Crippen LogP contribution in [0.5, 0.6) is 5.75 Å². The van der Waals surface area contributed by atoms with Gasteiger partial charge in [0.1, 0.15) is 5.75 Å². The van der Waals surface area contributed by atoms with E-state index in [0.29, 0.717) is 18.8 Å². The topological polar surface area (TPSA) is 93.5 Å². The van der Waals surface area contributed by atoms with E-state index in [0.717, 1.165) is 5.56 Å². The minimum absolute atomic E-state index is 0.0259. The Morgan fingerprint density at radius 1 is 1.27 bits per heavy atom. The maximum atomic E-state index is 11.8. The van der Waals surface area contributed by atoms with Crippen molar-refractivity contribution < 1.29 is 14.3 Å². The Hall–Kier alpha value is -2.08. The summed E-state index contributed by atoms with van der Waals surface area (Å²) in [7, 11) is 0. The molecule has 122 valence electrons. The third-order valence-corrected chi connectivity index (χ3v) is 3.13. The summed E-state index contributed by atoms with van der Waals surface area (Å²) in [5.41, 5.74) is 6.67. The molecule has 4 N–H and O–H groups in total. The number of nitrogens with two attached hydrogens (primary N) is 1. The number of likely N-dealkylation sites (N-methyl/N-ethyl adjacent to an activating group) is 1. The van der Waals surface area contributed by atoms with Gasteiger partial charge in [0.15, 0.2) is 6.61 Å². The molecule has 0 unspecified atom stereocenters. The van der Waals surface area contributed by atoms with Crippen LogP contribution in [0, 0.1) is 5.92 Å². The average molecular weight is 307 g/mol. The van der Waals surface area contributed by atoms with E-state index in [2.05, 4.69) is 10.6 Å². The Morgan fingerprint density at radius 2 is 2.00 bits per heavy atom. The summed E-state index contributed by atoms with van der Waals surface area (Å²) < 4.78 is 5.40. The summed E-state index contributed by atoms with van der Waals surface area (Å²) in [6.07, 6.45) is 0. The number of nitrogens with one attached hydrogen (secondary N) is 2. The molecule has 6 nitrogen and oxygen atoms in total. The number of ether oxygens (including phenoxy) is 1. The van der Waals surface area contributed by atoms with Crippen LogP contribution in [0.2, 0.25) is 0 Å². The van der Waals surface area contributed by atoms with Crippen LogP contribution in [0.3, 0.4) is 0 Å². The number of carbonyl (C=O) groups is 2. The summed E-state index contributed by atoms with van der Waals surface area (Å²) in [5, 5.41) is 5.45. The first-order chi connectivity index (χ1) is 10.4. The van der Waals surface area contributed by atoms with Crippen LogP contribution in [-0.2, 0) is 16.1 Å². The number of amides is 2. The van der Waals surface area contributed by atoms with E-state index >= 15 is 0 Å². The highest BCUT2D eigenvalue weighted by atomic mass is 16.5. The maximum Gasteiger partial charge on any atom is 0.257 e. The third kappa shape index (κ3) is 6.13. The van der Waals surface area contributed by atoms with E-state index in [4.69, 9.17) is 10.5 Å². The Balaban J connectivity index is 2.50. The maximum absolute atomic E-state index is 11.8. The van der Waals surface area contributed by atoms with Crippen molar-refractivity contribution in [3.05, 3.63) is 29.8 Å². The zero-order valence-corrected chi connectivity index (χ0v) is 13.4. The lowest BCUT2D eigenvalue weighted by Gasteiger charge is -2.15. The van der Waals surface area contributed by atoms with Gasteiger partial charge >= 0.3 is 0 Å². The van der Waals surface area contributed by atoms with Gasteiger partial charge in [0.25, 0.3) is 5.91 Å². The predicted molar refractivity (Wildman–Crippen MR) is 85.3 cm³/mol. The summed E-state index contributed by atoms with van der Waals surface area (Å²) >= 11 is 0. The Kier molecular flexibility index (Phi) is 7.39. The van der Waals surface area contributed by atoms with Gasteiger partial charge < -0.3 is 21.1 Å². The van der Waals surface area contributed by atoms with Crippen LogP contribution in [0.1, 0.15) is 26.3 Å². The van der Waals surface area contributed by atoms with Gasteiger partial charge in [0.2, 0.25) is 5.91 Å². The Morgan fingerprint density at radius 3 is 2.64 bits per heavy atom. The lowest BCUT2D eigenvalue weighted by molar-refractivity contribution is -0.123. The summed E-state index contributed by atoms with van der Waals surface area (Å²) in [6.45, 7) is 6.58. The van der Waals surface area contributed by atoms with E-state index < -0.39 is 6.04 Å². The van der Waals surface area contributed by atoms with Gasteiger partial charge in [0, 0.05) is 13.1 Å². The standard InChI is InChI=1S/C16H25N3O3/c1-4-18-14(20)10-22-13-7-5-6-12(8-13)9-19-16(21)15(17)11(2)3/h5-8,11,15H,4,9-10,17H2,1-3H3,(H,18,20)(H,19,21)/t15-/m0/s1. The molecule has 1 aromatic carbocycles. The first kappa shape index (κ1) is 18.0. The highest BCUT2D eigenvalue weighted by Gasteiger charge is 2.16. The van der Waals surface area contributed by atoms with Crippen molar-refractivity contribution in [3.8, 4) is 5.75 Å². The smallest absolute Gasteiger partial charge is 0.257 e. The second-order valence-corrected chi connectivity index (χ2v) is 5.38. The number of hydrogen-bond donors (Lipinski definition) is 3. The molecule has 0 radical (unpaired) electrons. The fourth-order valence-electron chi connectivity index (χ4n) is 1.75. The predicted octanol–water partition coefficient (Wildman–Crippen LogP) is 0.801. The molecule has 1 rings (SSSR count). The normalized spacial score (nSPS) is 11.9. The molecule has 1 atom stereocenters. The Labute approximate surface area is 131 Å². The number of rotatable bonds is 8. The van der Waals surface area contributed by atoms with Crippen molar-refractivity contribution in [2.75, 3.05) is 13.2 Å². The molecule has 1 aromatic rings. The largest absolute Gasteiger partial charge is 0.484 e. The Bertz CT molecular complexity index is 503. The summed E-state index contributed by atoms with van der Waals surface area (Å²) in [6, 6.07) is 6.74. The molecular weight excluding hydrogens is 282 g/mol. The third-order valence-electron chi connectivity index (χ3n) is 3.13. The van der Waals surface area contributed by atoms with Crippen molar-refractivity contribution in [2.45, 2.75) is 33.4 Å². The van der Waals surface area contributed by atoms with Crippen molar-refractivity contribution in [2.24, 2.45) is 11.7 Å². The van der Waals surface area contributed by atoms with Gasteiger partial charge in [0.05, 0.1) is 6.04 Å². The van der Waals surface area contributed by atoms with Crippen LogP contribution >= 0.6 is 0 Å². The van der Waals surface area contributed by atoms with Gasteiger partial charge in [-0.15, -0.1) is 0 Å². The van der Waals surface area contributed by atoms with E-state index in [9.17, 15) is 9.59 Å². The van der Waals surface area contributed by atoms with Crippen LogP contribution in [0.4, 0.5) is 0 Å². The molecule has 2 amide bonds. The highest BCUT2D eigenvalue weighted by molar-refractivity contribution is 5.81. The number of carbonyl (C=O) groups excluding carboxylic acids is 2. The van der Waals surface area contributed by atoms with E-state index in [1.54, 1.807) is 12.1 Å². The van der Waals surface area contributed by atoms with Crippen LogP contribution < -0.4 is 21.1 Å². The first-order valence-electron chi connectivity index (χ1n) is 7.45. The minimum atomic E-state index is -0.517. The molecule has 0 bridgehead atoms. The second kappa shape index (κ2) is 9.04. The van der Waals surface area contributed by atoms with Gasteiger partial charge in [-0.2, -0.15) is 0 Å². The van der Waals surface area contributed by atoms with E-state index in [1.807, 2.05) is 32.9 Å². The van der Waals surface area contributed by atoms with Crippen LogP contribution in [-0.4, -0.2) is 31.0 Å². The van der Waals surface area contributed by atoms with Gasteiger partial charge in [-0.3, -0.25) is 9.59 Å². The van der Waals surface area contributed by atoms with Gasteiger partial charge in [-0.1, -0.05) is 26.0 Å². The van der Waals surface area contributed by atoms with Crippen molar-refractivity contribution in [3.63, 3.8) is 0 Å². The number of hydrogen-bond acceptors (Lipinski definition) is 4. The molecule has 0 saturated heterocycles. The van der Waals surface area contributed by atoms with Gasteiger partial charge in [-0.05, 0) is 30.5 Å². The summed E-state index contributed by atoms with van der Waals surface area (Å²) in [4.78, 5) is 23.2. The molecule has 0 saturated carbocycles. The van der Waals surface area contributed by atoms with E-state index in [-0.39, 0.29) is 24.3 Å². The molecule has 6 heteroatoms. The number of benzene rings is 1. The van der Waals surface area contributed by atoms with E-state index in [1.165, 1.54) is 0 Å². The fourth-order valence-corrected chi connectivity index (χ4v) is 1.75. The minimum Gasteiger partial charge on any atom is -0.484 e. The molecule has 0 aliphatic carbocycles.